The van der Waals surface area contributed by atoms with Crippen LogP contribution in [0.1, 0.15) is 63.9 Å². The van der Waals surface area contributed by atoms with Crippen molar-refractivity contribution >= 4 is 23.7 Å². The fraction of sp³-hybridized carbons (Fsp3) is 0.548. The zero-order chi connectivity index (χ0) is 32.9. The Labute approximate surface area is 256 Å². The van der Waals surface area contributed by atoms with Gasteiger partial charge in [-0.3, -0.25) is 9.78 Å². The molecule has 0 saturated heterocycles. The van der Waals surface area contributed by atoms with E-state index in [-0.39, 0.29) is 36.9 Å². The normalized spacial score (nSPS) is 13.5. The van der Waals surface area contributed by atoms with Crippen LogP contribution in [0.3, 0.4) is 0 Å². The van der Waals surface area contributed by atoms with Crippen molar-refractivity contribution in [1.82, 2.24) is 25.0 Å². The van der Waals surface area contributed by atoms with Crippen molar-refractivity contribution in [3.8, 4) is 0 Å². The Balaban J connectivity index is 1.76. The fourth-order valence-corrected chi connectivity index (χ4v) is 4.63. The van der Waals surface area contributed by atoms with E-state index >= 15 is 0 Å². The third-order valence-corrected chi connectivity index (χ3v) is 6.76. The van der Waals surface area contributed by atoms with E-state index in [4.69, 9.17) is 4.74 Å². The number of alkyl halides is 3. The van der Waals surface area contributed by atoms with Gasteiger partial charge in [0.1, 0.15) is 5.60 Å². The van der Waals surface area contributed by atoms with Gasteiger partial charge in [-0.05, 0) is 77.3 Å². The molecule has 2 aromatic rings. The third kappa shape index (κ3) is 10.0. The molecule has 0 bridgehead atoms. The molecule has 0 unspecified atom stereocenters. The van der Waals surface area contributed by atoms with Gasteiger partial charge in [0.05, 0.1) is 24.3 Å². The second kappa shape index (κ2) is 13.7. The van der Waals surface area contributed by atoms with Crippen molar-refractivity contribution in [2.75, 3.05) is 38.5 Å². The number of aromatic nitrogens is 1. The van der Waals surface area contributed by atoms with E-state index in [2.05, 4.69) is 15.6 Å². The van der Waals surface area contributed by atoms with E-state index in [9.17, 15) is 27.6 Å². The van der Waals surface area contributed by atoms with Crippen LogP contribution in [0, 0.1) is 0 Å². The van der Waals surface area contributed by atoms with Crippen molar-refractivity contribution in [3.63, 3.8) is 0 Å². The Morgan fingerprint density at radius 3 is 2.36 bits per heavy atom. The highest BCUT2D eigenvalue weighted by molar-refractivity contribution is 5.81. The molecule has 1 aromatic carbocycles. The number of rotatable bonds is 8. The lowest BCUT2D eigenvalue weighted by Crippen LogP contribution is -2.49. The van der Waals surface area contributed by atoms with E-state index in [1.807, 2.05) is 39.0 Å². The number of amides is 4. The molecule has 3 rings (SSSR count). The minimum Gasteiger partial charge on any atom is -0.444 e. The van der Waals surface area contributed by atoms with Crippen LogP contribution in [-0.4, -0.2) is 82.1 Å². The number of pyridine rings is 1. The lowest BCUT2D eigenvalue weighted by molar-refractivity contribution is -0.140. The van der Waals surface area contributed by atoms with Crippen LogP contribution >= 0.6 is 0 Å². The molecule has 0 fully saturated rings. The van der Waals surface area contributed by atoms with Gasteiger partial charge in [0, 0.05) is 50.6 Å². The van der Waals surface area contributed by atoms with Crippen molar-refractivity contribution < 1.29 is 32.3 Å². The molecule has 2 heterocycles. The molecule has 0 aliphatic carbocycles. The number of nitrogens with one attached hydrogen (secondary N) is 2. The van der Waals surface area contributed by atoms with Gasteiger partial charge in [-0.2, -0.15) is 13.2 Å². The van der Waals surface area contributed by atoms with E-state index in [0.717, 1.165) is 17.2 Å². The minimum atomic E-state index is -4.65. The molecule has 242 valence electrons. The van der Waals surface area contributed by atoms with Crippen molar-refractivity contribution in [2.45, 2.75) is 78.4 Å². The molecule has 0 radical (unpaired) electrons. The highest BCUT2D eigenvalue weighted by Gasteiger charge is 2.35. The van der Waals surface area contributed by atoms with Crippen LogP contribution < -0.4 is 10.6 Å². The van der Waals surface area contributed by atoms with Gasteiger partial charge in [-0.15, -0.1) is 0 Å². The highest BCUT2D eigenvalue weighted by atomic mass is 19.4. The number of likely N-dealkylation sites (N-methyl/N-ethyl adjacent to an activating group) is 1. The van der Waals surface area contributed by atoms with Crippen LogP contribution in [0.2, 0.25) is 0 Å². The highest BCUT2D eigenvalue weighted by Crippen LogP contribution is 2.32. The van der Waals surface area contributed by atoms with Gasteiger partial charge < -0.3 is 30.1 Å². The Bertz CT molecular complexity index is 1340. The molecule has 1 aliphatic rings. The van der Waals surface area contributed by atoms with Crippen LogP contribution in [0.5, 0.6) is 0 Å². The molecular weight excluding hydrogens is 577 g/mol. The number of hydrogen-bond donors (Lipinski definition) is 2. The number of anilines is 1. The lowest BCUT2D eigenvalue weighted by Gasteiger charge is -2.33. The first-order valence-corrected chi connectivity index (χ1v) is 14.5. The molecule has 0 spiro atoms. The lowest BCUT2D eigenvalue weighted by atomic mass is 9.97. The summed E-state index contributed by atoms with van der Waals surface area (Å²) in [7, 11) is 1.50. The van der Waals surface area contributed by atoms with Crippen molar-refractivity contribution in [2.24, 2.45) is 0 Å². The Hall–Kier alpha value is -4.03. The number of urea groups is 1. The molecular formula is C31H43F3N6O4. The topological polar surface area (TPSA) is 107 Å². The number of carbonyl (C=O) groups is 3. The third-order valence-electron chi connectivity index (χ3n) is 6.76. The quantitative estimate of drug-likeness (QED) is 0.416. The summed E-state index contributed by atoms with van der Waals surface area (Å²) in [5.41, 5.74) is 0.305. The van der Waals surface area contributed by atoms with Gasteiger partial charge in [-0.25, -0.2) is 9.59 Å². The summed E-state index contributed by atoms with van der Waals surface area (Å²) in [6.45, 7) is 11.2. The van der Waals surface area contributed by atoms with E-state index in [0.29, 0.717) is 25.2 Å². The summed E-state index contributed by atoms with van der Waals surface area (Å²) in [4.78, 5) is 46.8. The summed E-state index contributed by atoms with van der Waals surface area (Å²) < 4.78 is 46.5. The zero-order valence-corrected chi connectivity index (χ0v) is 26.5. The number of fused-ring (bicyclic) bond motifs is 1. The predicted molar refractivity (Wildman–Crippen MR) is 161 cm³/mol. The van der Waals surface area contributed by atoms with Gasteiger partial charge in [0.15, 0.2) is 0 Å². The standard InChI is InChI=1S/C31H43F3N6O4/c1-29(2,3)37-27(42)40-15-13-22-21(19-40)10-8-12-24(22)36-18-26(41)39(17-16-38(7)28(43)44-30(4,5)6)20-25-23(31(32,33)34)11-9-14-35-25/h8-12,14,36H,13,15-20H2,1-7H3,(H,37,42). The molecule has 0 saturated carbocycles. The molecule has 0 atom stereocenters. The van der Waals surface area contributed by atoms with Crippen LogP contribution in [-0.2, 0) is 35.2 Å². The maximum atomic E-state index is 13.7. The van der Waals surface area contributed by atoms with Crippen molar-refractivity contribution in [1.29, 1.82) is 0 Å². The Morgan fingerprint density at radius 2 is 1.73 bits per heavy atom. The van der Waals surface area contributed by atoms with Crippen LogP contribution in [0.15, 0.2) is 36.5 Å². The van der Waals surface area contributed by atoms with E-state index in [1.54, 1.807) is 25.7 Å². The second-order valence-electron chi connectivity index (χ2n) is 12.9. The summed E-state index contributed by atoms with van der Waals surface area (Å²) >= 11 is 0. The maximum absolute atomic E-state index is 13.7. The number of hydrogen-bond acceptors (Lipinski definition) is 6. The largest absolute Gasteiger partial charge is 0.444 e. The Kier molecular flexibility index (Phi) is 10.8. The molecule has 4 amide bonds. The number of benzene rings is 1. The smallest absolute Gasteiger partial charge is 0.418 e. The fourth-order valence-electron chi connectivity index (χ4n) is 4.63. The maximum Gasteiger partial charge on any atom is 0.418 e. The average Bonchev–Trinajstić information content (AvgIpc) is 2.91. The molecule has 10 nitrogen and oxygen atoms in total. The van der Waals surface area contributed by atoms with E-state index < -0.39 is 35.9 Å². The summed E-state index contributed by atoms with van der Waals surface area (Å²) in [6.07, 6.45) is -3.44. The molecule has 44 heavy (non-hydrogen) atoms. The van der Waals surface area contributed by atoms with Gasteiger partial charge in [0.25, 0.3) is 0 Å². The summed E-state index contributed by atoms with van der Waals surface area (Å²) in [5.74, 6) is -0.471. The average molecular weight is 621 g/mol. The number of carbonyl (C=O) groups excluding carboxylic acids is 3. The molecule has 1 aliphatic heterocycles. The van der Waals surface area contributed by atoms with Crippen LogP contribution in [0.25, 0.3) is 0 Å². The summed E-state index contributed by atoms with van der Waals surface area (Å²) in [5, 5.41) is 6.12. The van der Waals surface area contributed by atoms with Gasteiger partial charge >= 0.3 is 18.3 Å². The Morgan fingerprint density at radius 1 is 1.02 bits per heavy atom. The minimum absolute atomic E-state index is 0.0298. The number of halogens is 3. The van der Waals surface area contributed by atoms with Crippen LogP contribution in [0.4, 0.5) is 28.4 Å². The zero-order valence-electron chi connectivity index (χ0n) is 26.5. The molecule has 2 N–H and O–H groups in total. The van der Waals surface area contributed by atoms with E-state index in [1.165, 1.54) is 29.1 Å². The monoisotopic (exact) mass is 620 g/mol. The second-order valence-corrected chi connectivity index (χ2v) is 12.9. The molecule has 13 heteroatoms. The predicted octanol–water partition coefficient (Wildman–Crippen LogP) is 5.27. The van der Waals surface area contributed by atoms with Gasteiger partial charge in [0.2, 0.25) is 5.91 Å². The first-order valence-electron chi connectivity index (χ1n) is 14.5. The number of nitrogens with zero attached hydrogens (tertiary/aromatic N) is 4. The molecule has 1 aromatic heterocycles. The van der Waals surface area contributed by atoms with Gasteiger partial charge in [-0.1, -0.05) is 12.1 Å². The van der Waals surface area contributed by atoms with Crippen molar-refractivity contribution in [3.05, 3.63) is 58.9 Å². The SMILES string of the molecule is CN(CCN(Cc1ncccc1C(F)(F)F)C(=O)CNc1cccc2c1CCN(C(=O)NC(C)(C)C)C2)C(=O)OC(C)(C)C. The number of ether oxygens (including phenoxy) is 1. The first-order chi connectivity index (χ1) is 20.3. The summed E-state index contributed by atoms with van der Waals surface area (Å²) in [6, 6.07) is 7.56. The first kappa shape index (κ1) is 34.5.